The lowest BCUT2D eigenvalue weighted by molar-refractivity contribution is 0.102. The molecule has 5 nitrogen and oxygen atoms in total. The smallest absolute Gasteiger partial charge is 0.255 e. The summed E-state index contributed by atoms with van der Waals surface area (Å²) in [5.41, 5.74) is 5.38. The number of piperidine rings is 1. The average molecular weight is 449 g/mol. The van der Waals surface area contributed by atoms with E-state index in [0.717, 1.165) is 52.9 Å². The zero-order valence-corrected chi connectivity index (χ0v) is 19.3. The quantitative estimate of drug-likeness (QED) is 0.389. The zero-order chi connectivity index (χ0) is 23.3. The maximum Gasteiger partial charge on any atom is 0.255 e. The maximum absolute atomic E-state index is 12.7. The molecule has 0 bridgehead atoms. The molecule has 1 N–H and O–H groups in total. The molecule has 1 saturated heterocycles. The van der Waals surface area contributed by atoms with Gasteiger partial charge in [0, 0.05) is 29.9 Å². The van der Waals surface area contributed by atoms with Crippen molar-refractivity contribution < 1.29 is 4.79 Å². The average Bonchev–Trinajstić information content (AvgIpc) is 2.90. The van der Waals surface area contributed by atoms with Gasteiger partial charge in [-0.05, 0) is 66.3 Å². The topological polar surface area (TPSA) is 58.1 Å². The molecule has 5 rings (SSSR count). The molecule has 1 amide bonds. The first-order chi connectivity index (χ1) is 16.7. The van der Waals surface area contributed by atoms with Crippen LogP contribution in [0.15, 0.2) is 91.0 Å². The first-order valence-corrected chi connectivity index (χ1v) is 11.8. The summed E-state index contributed by atoms with van der Waals surface area (Å²) >= 11 is 0. The van der Waals surface area contributed by atoms with Gasteiger partial charge in [-0.15, -0.1) is 10.2 Å². The van der Waals surface area contributed by atoms with E-state index in [1.807, 2.05) is 78.9 Å². The van der Waals surface area contributed by atoms with Crippen molar-refractivity contribution in [2.75, 3.05) is 23.3 Å². The van der Waals surface area contributed by atoms with E-state index in [1.165, 1.54) is 12.8 Å². The van der Waals surface area contributed by atoms with Gasteiger partial charge in [-0.1, -0.05) is 61.5 Å². The molecular formula is C29H28N4O. The number of hydrogen-bond acceptors (Lipinski definition) is 4. The Bertz CT molecular complexity index is 1230. The van der Waals surface area contributed by atoms with Crippen molar-refractivity contribution in [2.45, 2.75) is 19.8 Å². The summed E-state index contributed by atoms with van der Waals surface area (Å²) in [6.07, 6.45) is 2.40. The van der Waals surface area contributed by atoms with Crippen molar-refractivity contribution in [1.29, 1.82) is 0 Å². The molecule has 0 unspecified atom stereocenters. The van der Waals surface area contributed by atoms with Crippen LogP contribution in [0.25, 0.3) is 22.4 Å². The van der Waals surface area contributed by atoms with Gasteiger partial charge in [-0.3, -0.25) is 4.79 Å². The predicted molar refractivity (Wildman–Crippen MR) is 138 cm³/mol. The molecule has 5 heteroatoms. The van der Waals surface area contributed by atoms with Crippen molar-refractivity contribution in [1.82, 2.24) is 10.2 Å². The van der Waals surface area contributed by atoms with Crippen LogP contribution in [0.2, 0.25) is 0 Å². The van der Waals surface area contributed by atoms with E-state index in [9.17, 15) is 4.79 Å². The minimum absolute atomic E-state index is 0.132. The molecule has 0 saturated carbocycles. The van der Waals surface area contributed by atoms with E-state index < -0.39 is 0 Å². The lowest BCUT2D eigenvalue weighted by Crippen LogP contribution is -2.33. The van der Waals surface area contributed by atoms with Crippen molar-refractivity contribution in [3.8, 4) is 22.4 Å². The Balaban J connectivity index is 1.21. The highest BCUT2D eigenvalue weighted by Crippen LogP contribution is 2.24. The summed E-state index contributed by atoms with van der Waals surface area (Å²) in [4.78, 5) is 15.0. The van der Waals surface area contributed by atoms with Crippen LogP contribution in [-0.4, -0.2) is 29.2 Å². The molecular weight excluding hydrogens is 420 g/mol. The third kappa shape index (κ3) is 4.99. The van der Waals surface area contributed by atoms with Crippen LogP contribution in [-0.2, 0) is 0 Å². The Morgan fingerprint density at radius 3 is 2.06 bits per heavy atom. The van der Waals surface area contributed by atoms with E-state index >= 15 is 0 Å². The molecule has 0 spiro atoms. The van der Waals surface area contributed by atoms with Gasteiger partial charge in [0.15, 0.2) is 5.82 Å². The van der Waals surface area contributed by atoms with Crippen molar-refractivity contribution in [3.05, 3.63) is 96.6 Å². The van der Waals surface area contributed by atoms with Gasteiger partial charge in [-0.2, -0.15) is 0 Å². The molecule has 1 aromatic heterocycles. The summed E-state index contributed by atoms with van der Waals surface area (Å²) in [6.45, 7) is 4.39. The van der Waals surface area contributed by atoms with Crippen LogP contribution in [0.1, 0.15) is 30.1 Å². The Hall–Kier alpha value is -3.99. The molecule has 3 aromatic carbocycles. The third-order valence-corrected chi connectivity index (χ3v) is 6.45. The lowest BCUT2D eigenvalue weighted by atomic mass is 9.99. The Kier molecular flexibility index (Phi) is 6.34. The summed E-state index contributed by atoms with van der Waals surface area (Å²) < 4.78 is 0. The summed E-state index contributed by atoms with van der Waals surface area (Å²) in [5, 5.41) is 11.9. The van der Waals surface area contributed by atoms with Crippen molar-refractivity contribution in [2.24, 2.45) is 5.92 Å². The molecule has 170 valence electrons. The molecule has 1 aliphatic heterocycles. The molecule has 34 heavy (non-hydrogen) atoms. The Morgan fingerprint density at radius 2 is 1.41 bits per heavy atom. The van der Waals surface area contributed by atoms with Gasteiger partial charge in [0.05, 0.1) is 5.69 Å². The number of aromatic nitrogens is 2. The summed E-state index contributed by atoms with van der Waals surface area (Å²) in [6, 6.07) is 29.6. The molecule has 0 aliphatic carbocycles. The molecule has 1 fully saturated rings. The van der Waals surface area contributed by atoms with Crippen LogP contribution < -0.4 is 10.2 Å². The summed E-state index contributed by atoms with van der Waals surface area (Å²) in [5.74, 6) is 1.60. The second-order valence-electron chi connectivity index (χ2n) is 8.92. The zero-order valence-electron chi connectivity index (χ0n) is 19.3. The number of amides is 1. The van der Waals surface area contributed by atoms with E-state index in [0.29, 0.717) is 5.56 Å². The number of nitrogens with one attached hydrogen (secondary N) is 1. The second kappa shape index (κ2) is 9.87. The number of carbonyl (C=O) groups is 1. The minimum Gasteiger partial charge on any atom is -0.355 e. The van der Waals surface area contributed by atoms with Crippen molar-refractivity contribution >= 4 is 17.4 Å². The van der Waals surface area contributed by atoms with Gasteiger partial charge in [-0.25, -0.2) is 0 Å². The third-order valence-electron chi connectivity index (χ3n) is 6.45. The number of anilines is 2. The van der Waals surface area contributed by atoms with E-state index in [2.05, 4.69) is 39.5 Å². The van der Waals surface area contributed by atoms with Crippen LogP contribution in [0.4, 0.5) is 11.5 Å². The summed E-state index contributed by atoms with van der Waals surface area (Å²) in [7, 11) is 0. The highest BCUT2D eigenvalue weighted by molar-refractivity contribution is 6.04. The number of nitrogens with zero attached hydrogens (tertiary/aromatic N) is 3. The van der Waals surface area contributed by atoms with Crippen LogP contribution in [0.5, 0.6) is 0 Å². The van der Waals surface area contributed by atoms with Crippen LogP contribution in [0.3, 0.4) is 0 Å². The SMILES string of the molecule is CC1CCN(c2ccc(-c3ccc(NC(=O)c4ccc(-c5ccccc5)cc4)cc3)nn2)CC1. The van der Waals surface area contributed by atoms with Gasteiger partial charge in [0.25, 0.3) is 5.91 Å². The highest BCUT2D eigenvalue weighted by atomic mass is 16.1. The minimum atomic E-state index is -0.132. The Labute approximate surface area is 200 Å². The number of carbonyl (C=O) groups excluding carboxylic acids is 1. The standard InChI is InChI=1S/C29H28N4O/c1-21-17-19-33(20-18-21)28-16-15-27(31-32-28)24-11-13-26(14-12-24)30-29(34)25-9-7-23(8-10-25)22-5-3-2-4-6-22/h2-16,21H,17-20H2,1H3,(H,30,34). The maximum atomic E-state index is 12.7. The number of rotatable bonds is 5. The first-order valence-electron chi connectivity index (χ1n) is 11.8. The van der Waals surface area contributed by atoms with Gasteiger partial charge < -0.3 is 10.2 Å². The fraction of sp³-hybridized carbons (Fsp3) is 0.207. The molecule has 1 aliphatic rings. The monoisotopic (exact) mass is 448 g/mol. The van der Waals surface area contributed by atoms with Crippen molar-refractivity contribution in [3.63, 3.8) is 0 Å². The molecule has 4 aromatic rings. The van der Waals surface area contributed by atoms with Crippen LogP contribution >= 0.6 is 0 Å². The second-order valence-corrected chi connectivity index (χ2v) is 8.92. The normalized spacial score (nSPS) is 14.1. The highest BCUT2D eigenvalue weighted by Gasteiger charge is 2.17. The van der Waals surface area contributed by atoms with Gasteiger partial charge >= 0.3 is 0 Å². The molecule has 0 radical (unpaired) electrons. The van der Waals surface area contributed by atoms with E-state index in [-0.39, 0.29) is 5.91 Å². The predicted octanol–water partition coefficient (Wildman–Crippen LogP) is 6.30. The number of hydrogen-bond donors (Lipinski definition) is 1. The largest absolute Gasteiger partial charge is 0.355 e. The fourth-order valence-corrected chi connectivity index (χ4v) is 4.26. The van der Waals surface area contributed by atoms with Gasteiger partial charge in [0.2, 0.25) is 0 Å². The van der Waals surface area contributed by atoms with Gasteiger partial charge in [0.1, 0.15) is 0 Å². The molecule has 0 atom stereocenters. The van der Waals surface area contributed by atoms with E-state index in [4.69, 9.17) is 0 Å². The first kappa shape index (κ1) is 21.8. The molecule has 2 heterocycles. The lowest BCUT2D eigenvalue weighted by Gasteiger charge is -2.30. The Morgan fingerprint density at radius 1 is 0.765 bits per heavy atom. The number of benzene rings is 3. The van der Waals surface area contributed by atoms with Crippen LogP contribution in [0, 0.1) is 5.92 Å². The fourth-order valence-electron chi connectivity index (χ4n) is 4.26. The van der Waals surface area contributed by atoms with E-state index in [1.54, 1.807) is 0 Å².